The summed E-state index contributed by atoms with van der Waals surface area (Å²) in [5, 5.41) is 2.93. The summed E-state index contributed by atoms with van der Waals surface area (Å²) >= 11 is 1.32. The van der Waals surface area contributed by atoms with Crippen molar-refractivity contribution in [3.63, 3.8) is 0 Å². The van der Waals surface area contributed by atoms with Gasteiger partial charge in [-0.1, -0.05) is 12.1 Å². The zero-order chi connectivity index (χ0) is 16.8. The Morgan fingerprint density at radius 3 is 2.61 bits per heavy atom. The summed E-state index contributed by atoms with van der Waals surface area (Å²) in [5.41, 5.74) is 5.89. The molecule has 0 radical (unpaired) electrons. The Bertz CT molecular complexity index is 557. The first-order valence-electron chi connectivity index (χ1n) is 7.61. The van der Waals surface area contributed by atoms with Crippen molar-refractivity contribution in [3.05, 3.63) is 24.3 Å². The predicted molar refractivity (Wildman–Crippen MR) is 91.4 cm³/mol. The Balaban J connectivity index is 1.98. The van der Waals surface area contributed by atoms with Crippen molar-refractivity contribution in [2.45, 2.75) is 30.8 Å². The maximum Gasteiger partial charge on any atom is 0.238 e. The second-order valence-corrected chi connectivity index (χ2v) is 6.72. The molecule has 0 aliphatic carbocycles. The van der Waals surface area contributed by atoms with Crippen LogP contribution in [0.1, 0.15) is 13.8 Å². The first-order valence-corrected chi connectivity index (χ1v) is 8.59. The number of amides is 2. The maximum atomic E-state index is 12.4. The van der Waals surface area contributed by atoms with Crippen molar-refractivity contribution in [3.8, 4) is 0 Å². The summed E-state index contributed by atoms with van der Waals surface area (Å²) in [6.45, 7) is 5.71. The van der Waals surface area contributed by atoms with Gasteiger partial charge in [0.1, 0.15) is 0 Å². The molecule has 0 bridgehead atoms. The van der Waals surface area contributed by atoms with Gasteiger partial charge in [-0.25, -0.2) is 0 Å². The topological polar surface area (TPSA) is 84.7 Å². The van der Waals surface area contributed by atoms with Crippen molar-refractivity contribution < 1.29 is 14.3 Å². The zero-order valence-corrected chi connectivity index (χ0v) is 14.3. The van der Waals surface area contributed by atoms with Crippen LogP contribution in [0.4, 0.5) is 5.69 Å². The number of carbonyl (C=O) groups is 2. The van der Waals surface area contributed by atoms with E-state index in [9.17, 15) is 9.59 Å². The lowest BCUT2D eigenvalue weighted by atomic mass is 10.1. The van der Waals surface area contributed by atoms with E-state index >= 15 is 0 Å². The molecule has 3 N–H and O–H groups in total. The molecule has 7 heteroatoms. The van der Waals surface area contributed by atoms with Crippen LogP contribution in [0.5, 0.6) is 0 Å². The number of hydrogen-bond acceptors (Lipinski definition) is 5. The minimum absolute atomic E-state index is 0.0716. The third-order valence-electron chi connectivity index (χ3n) is 3.71. The first kappa shape index (κ1) is 17.8. The Morgan fingerprint density at radius 1 is 1.30 bits per heavy atom. The second-order valence-electron chi connectivity index (χ2n) is 5.71. The summed E-state index contributed by atoms with van der Waals surface area (Å²) in [6, 6.07) is 7.83. The van der Waals surface area contributed by atoms with Crippen LogP contribution >= 0.6 is 11.8 Å². The van der Waals surface area contributed by atoms with Crippen molar-refractivity contribution in [2.24, 2.45) is 5.73 Å². The molecule has 6 nitrogen and oxygen atoms in total. The van der Waals surface area contributed by atoms with Gasteiger partial charge in [-0.3, -0.25) is 14.5 Å². The van der Waals surface area contributed by atoms with Crippen LogP contribution in [0.3, 0.4) is 0 Å². The minimum atomic E-state index is -0.382. The molecule has 0 aromatic heterocycles. The molecule has 1 aromatic rings. The number of nitrogens with zero attached hydrogens (tertiary/aromatic N) is 1. The van der Waals surface area contributed by atoms with E-state index < -0.39 is 0 Å². The highest BCUT2D eigenvalue weighted by atomic mass is 32.2. The van der Waals surface area contributed by atoms with E-state index in [1.807, 2.05) is 24.3 Å². The van der Waals surface area contributed by atoms with Crippen LogP contribution in [-0.4, -0.2) is 54.3 Å². The molecule has 126 valence electrons. The van der Waals surface area contributed by atoms with Crippen LogP contribution in [0, 0.1) is 0 Å². The lowest BCUT2D eigenvalue weighted by Gasteiger charge is -2.38. The van der Waals surface area contributed by atoms with E-state index in [4.69, 9.17) is 10.5 Å². The van der Waals surface area contributed by atoms with E-state index in [2.05, 4.69) is 24.1 Å². The van der Waals surface area contributed by atoms with E-state index in [1.54, 1.807) is 0 Å². The number of rotatable bonds is 6. The molecule has 1 aliphatic rings. The lowest BCUT2D eigenvalue weighted by Crippen LogP contribution is -2.52. The van der Waals surface area contributed by atoms with Gasteiger partial charge in [0.15, 0.2) is 0 Å². The van der Waals surface area contributed by atoms with Crippen LogP contribution in [-0.2, 0) is 14.3 Å². The van der Waals surface area contributed by atoms with Crippen molar-refractivity contribution in [1.82, 2.24) is 4.90 Å². The zero-order valence-electron chi connectivity index (χ0n) is 13.5. The summed E-state index contributed by atoms with van der Waals surface area (Å²) in [7, 11) is 0. The number of hydrogen-bond donors (Lipinski definition) is 2. The number of anilines is 1. The predicted octanol–water partition coefficient (Wildman–Crippen LogP) is 1.31. The Morgan fingerprint density at radius 2 is 1.96 bits per heavy atom. The first-order chi connectivity index (χ1) is 11.0. The molecule has 0 unspecified atom stereocenters. The minimum Gasteiger partial charge on any atom is -0.378 e. The fourth-order valence-corrected chi connectivity index (χ4v) is 3.29. The molecule has 1 saturated heterocycles. The lowest BCUT2D eigenvalue weighted by molar-refractivity contribution is -0.121. The molecule has 2 amide bonds. The van der Waals surface area contributed by atoms with Gasteiger partial charge in [0.2, 0.25) is 11.8 Å². The number of morpholine rings is 1. The number of nitrogens with two attached hydrogens (primary N) is 1. The maximum absolute atomic E-state index is 12.4. The van der Waals surface area contributed by atoms with Crippen molar-refractivity contribution in [2.75, 3.05) is 30.8 Å². The van der Waals surface area contributed by atoms with Crippen molar-refractivity contribution in [1.29, 1.82) is 0 Å². The largest absolute Gasteiger partial charge is 0.378 e. The molecular formula is C16H23N3O3S. The number of primary amides is 1. The van der Waals surface area contributed by atoms with Gasteiger partial charge in [-0.05, 0) is 26.0 Å². The number of benzene rings is 1. The Hall–Kier alpha value is -1.57. The molecule has 2 atom stereocenters. The SMILES string of the molecule is C[C@@H]1COC[C@@H](C)N1CC(=O)Nc1ccccc1SCC(N)=O. The molecule has 2 rings (SSSR count). The van der Waals surface area contributed by atoms with Crippen LogP contribution < -0.4 is 11.1 Å². The van der Waals surface area contributed by atoms with Gasteiger partial charge >= 0.3 is 0 Å². The molecule has 1 fully saturated rings. The standard InChI is InChI=1S/C16H23N3O3S/c1-11-8-22-9-12(2)19(11)7-16(21)18-13-5-3-4-6-14(13)23-10-15(17)20/h3-6,11-12H,7-10H2,1-2H3,(H2,17,20)(H,18,21)/t11-,12-/m1/s1. The fourth-order valence-electron chi connectivity index (χ4n) is 2.55. The van der Waals surface area contributed by atoms with Gasteiger partial charge in [0, 0.05) is 17.0 Å². The van der Waals surface area contributed by atoms with Crippen LogP contribution in [0.25, 0.3) is 0 Å². The molecule has 1 aromatic carbocycles. The summed E-state index contributed by atoms with van der Waals surface area (Å²) in [4.78, 5) is 26.3. The average molecular weight is 337 g/mol. The molecule has 1 heterocycles. The number of nitrogens with one attached hydrogen (secondary N) is 1. The third-order valence-corrected chi connectivity index (χ3v) is 4.80. The number of carbonyl (C=O) groups excluding carboxylic acids is 2. The molecule has 23 heavy (non-hydrogen) atoms. The van der Waals surface area contributed by atoms with Crippen molar-refractivity contribution >= 4 is 29.3 Å². The van der Waals surface area contributed by atoms with Gasteiger partial charge < -0.3 is 15.8 Å². The highest BCUT2D eigenvalue weighted by molar-refractivity contribution is 8.00. The fraction of sp³-hybridized carbons (Fsp3) is 0.500. The summed E-state index contributed by atoms with van der Waals surface area (Å²) in [5.74, 6) is -0.269. The van der Waals surface area contributed by atoms with E-state index in [-0.39, 0.29) is 29.7 Å². The normalized spacial score (nSPS) is 21.8. The smallest absolute Gasteiger partial charge is 0.238 e. The van der Waals surface area contributed by atoms with E-state index in [0.717, 1.165) is 4.90 Å². The van der Waals surface area contributed by atoms with Gasteiger partial charge in [0.05, 0.1) is 31.2 Å². The van der Waals surface area contributed by atoms with Gasteiger partial charge in [0.25, 0.3) is 0 Å². The molecular weight excluding hydrogens is 314 g/mol. The molecule has 0 spiro atoms. The molecule has 1 aliphatic heterocycles. The van der Waals surface area contributed by atoms with E-state index in [0.29, 0.717) is 25.4 Å². The monoisotopic (exact) mass is 337 g/mol. The average Bonchev–Trinajstić information content (AvgIpc) is 2.50. The highest BCUT2D eigenvalue weighted by Crippen LogP contribution is 2.26. The highest BCUT2D eigenvalue weighted by Gasteiger charge is 2.27. The molecule has 0 saturated carbocycles. The Kier molecular flexibility index (Phi) is 6.44. The van der Waals surface area contributed by atoms with Gasteiger partial charge in [-0.15, -0.1) is 11.8 Å². The van der Waals surface area contributed by atoms with Crippen LogP contribution in [0.15, 0.2) is 29.2 Å². The third kappa shape index (κ3) is 5.23. The summed E-state index contributed by atoms with van der Waals surface area (Å²) < 4.78 is 5.48. The number of thioether (sulfide) groups is 1. The Labute approximate surface area is 140 Å². The van der Waals surface area contributed by atoms with Gasteiger partial charge in [-0.2, -0.15) is 0 Å². The quantitative estimate of drug-likeness (QED) is 0.765. The van der Waals surface area contributed by atoms with Crippen LogP contribution in [0.2, 0.25) is 0 Å². The number of ether oxygens (including phenoxy) is 1. The van der Waals surface area contributed by atoms with E-state index in [1.165, 1.54) is 11.8 Å². The number of para-hydroxylation sites is 1. The second kappa shape index (κ2) is 8.33. The summed E-state index contributed by atoms with van der Waals surface area (Å²) in [6.07, 6.45) is 0.